The molecule has 6 N–H and O–H groups in total. The van der Waals surface area contributed by atoms with E-state index in [1.807, 2.05) is 0 Å². The number of aliphatic carboxylic acids is 1. The first-order valence-corrected chi connectivity index (χ1v) is 6.02. The highest BCUT2D eigenvalue weighted by atomic mass is 16.4. The summed E-state index contributed by atoms with van der Waals surface area (Å²) in [5.41, 5.74) is 10.1. The van der Waals surface area contributed by atoms with Crippen LogP contribution in [0.5, 0.6) is 0 Å². The number of amides is 1. The number of nitrogens with zero attached hydrogens (tertiary/aromatic N) is 3. The van der Waals surface area contributed by atoms with Crippen LogP contribution in [-0.2, 0) is 16.1 Å². The van der Waals surface area contributed by atoms with Gasteiger partial charge in [0.05, 0.1) is 6.61 Å². The van der Waals surface area contributed by atoms with E-state index in [1.54, 1.807) is 0 Å². The average Bonchev–Trinajstić information content (AvgIpc) is 2.40. The fourth-order valence-corrected chi connectivity index (χ4v) is 1.57. The van der Waals surface area contributed by atoms with Crippen molar-refractivity contribution < 1.29 is 19.8 Å². The van der Waals surface area contributed by atoms with Gasteiger partial charge >= 0.3 is 11.7 Å². The summed E-state index contributed by atoms with van der Waals surface area (Å²) in [4.78, 5) is 38.7. The van der Waals surface area contributed by atoms with Gasteiger partial charge in [0.2, 0.25) is 5.91 Å². The van der Waals surface area contributed by atoms with Gasteiger partial charge in [0, 0.05) is 18.8 Å². The van der Waals surface area contributed by atoms with E-state index in [0.29, 0.717) is 0 Å². The maximum Gasteiger partial charge on any atom is 0.349 e. The number of rotatable bonds is 7. The molecule has 1 heterocycles. The van der Waals surface area contributed by atoms with Gasteiger partial charge in [-0.2, -0.15) is 4.98 Å². The van der Waals surface area contributed by atoms with Crippen LogP contribution in [0.4, 0.5) is 5.82 Å². The van der Waals surface area contributed by atoms with Gasteiger partial charge in [-0.3, -0.25) is 14.2 Å². The Labute approximate surface area is 119 Å². The number of nitrogens with two attached hydrogens (primary N) is 2. The second kappa shape index (κ2) is 7.36. The van der Waals surface area contributed by atoms with Crippen molar-refractivity contribution in [1.29, 1.82) is 0 Å². The third-order valence-corrected chi connectivity index (χ3v) is 2.57. The number of nitrogen functional groups attached to an aromatic ring is 1. The van der Waals surface area contributed by atoms with Crippen molar-refractivity contribution >= 4 is 17.7 Å². The molecule has 10 heteroatoms. The first-order valence-electron chi connectivity index (χ1n) is 6.02. The van der Waals surface area contributed by atoms with Gasteiger partial charge in [0.1, 0.15) is 18.9 Å². The first-order chi connectivity index (χ1) is 9.83. The lowest BCUT2D eigenvalue weighted by Gasteiger charge is -2.23. The number of hydrogen-bond donors (Lipinski definition) is 4. The molecule has 10 nitrogen and oxygen atoms in total. The molecule has 1 rings (SSSR count). The topological polar surface area (TPSA) is 165 Å². The molecule has 116 valence electrons. The van der Waals surface area contributed by atoms with Crippen LogP contribution in [0, 0.1) is 0 Å². The summed E-state index contributed by atoms with van der Waals surface area (Å²) in [7, 11) is 0. The number of carbonyl (C=O) groups excluding carboxylic acids is 1. The van der Waals surface area contributed by atoms with E-state index in [9.17, 15) is 14.4 Å². The molecule has 1 aromatic rings. The highest BCUT2D eigenvalue weighted by molar-refractivity contribution is 5.81. The van der Waals surface area contributed by atoms with E-state index in [1.165, 1.54) is 12.3 Å². The molecule has 1 atom stereocenters. The van der Waals surface area contributed by atoms with E-state index in [2.05, 4.69) is 4.98 Å². The Morgan fingerprint density at radius 3 is 2.67 bits per heavy atom. The maximum absolute atomic E-state index is 12.0. The van der Waals surface area contributed by atoms with Crippen molar-refractivity contribution in [3.8, 4) is 0 Å². The predicted molar refractivity (Wildman–Crippen MR) is 72.2 cm³/mol. The average molecular weight is 299 g/mol. The summed E-state index contributed by atoms with van der Waals surface area (Å²) in [6.07, 6.45) is 1.29. The standard InChI is InChI=1S/C11H17N5O5/c12-7(6-17)3-16(5-10(19)20)9(18)4-15-2-1-8(13)14-11(15)21/h1-2,7,17H,3-6,12H2,(H,19,20)(H2,13,14,21)/t7-/m1/s1. The van der Waals surface area contributed by atoms with Crippen LogP contribution in [0.15, 0.2) is 17.1 Å². The monoisotopic (exact) mass is 299 g/mol. The van der Waals surface area contributed by atoms with Crippen LogP contribution in [0.2, 0.25) is 0 Å². The van der Waals surface area contributed by atoms with Crippen molar-refractivity contribution in [3.05, 3.63) is 22.7 Å². The number of aliphatic hydroxyl groups excluding tert-OH is 1. The molecular formula is C11H17N5O5. The van der Waals surface area contributed by atoms with Gasteiger partial charge in [0.25, 0.3) is 0 Å². The number of aromatic nitrogens is 2. The Morgan fingerprint density at radius 2 is 2.14 bits per heavy atom. The van der Waals surface area contributed by atoms with Gasteiger partial charge in [0.15, 0.2) is 0 Å². The summed E-state index contributed by atoms with van der Waals surface area (Å²) in [6.45, 7) is -1.51. The second-order valence-electron chi connectivity index (χ2n) is 4.37. The van der Waals surface area contributed by atoms with Crippen molar-refractivity contribution in [2.75, 3.05) is 25.4 Å². The fourth-order valence-electron chi connectivity index (χ4n) is 1.57. The summed E-state index contributed by atoms with van der Waals surface area (Å²) in [6, 6.07) is 0.574. The highest BCUT2D eigenvalue weighted by Gasteiger charge is 2.20. The lowest BCUT2D eigenvalue weighted by atomic mass is 10.3. The zero-order valence-corrected chi connectivity index (χ0v) is 11.2. The molecule has 0 aliphatic rings. The largest absolute Gasteiger partial charge is 0.480 e. The van der Waals surface area contributed by atoms with E-state index in [0.717, 1.165) is 9.47 Å². The van der Waals surface area contributed by atoms with Gasteiger partial charge in [-0.1, -0.05) is 0 Å². The van der Waals surface area contributed by atoms with Gasteiger partial charge < -0.3 is 26.6 Å². The molecule has 1 aromatic heterocycles. The Bertz CT molecular complexity index is 572. The number of hydrogen-bond acceptors (Lipinski definition) is 7. The number of carboxylic acids is 1. The lowest BCUT2D eigenvalue weighted by Crippen LogP contribution is -2.47. The SMILES string of the molecule is Nc1ccn(CC(=O)N(CC(=O)O)C[C@@H](N)CO)c(=O)n1. The van der Waals surface area contributed by atoms with Crippen molar-refractivity contribution in [2.45, 2.75) is 12.6 Å². The highest BCUT2D eigenvalue weighted by Crippen LogP contribution is 1.97. The zero-order chi connectivity index (χ0) is 16.0. The molecule has 0 aliphatic heterocycles. The molecule has 0 saturated heterocycles. The minimum atomic E-state index is -1.23. The van der Waals surface area contributed by atoms with E-state index in [4.69, 9.17) is 21.7 Å². The molecule has 0 aliphatic carbocycles. The van der Waals surface area contributed by atoms with Crippen LogP contribution < -0.4 is 17.2 Å². The van der Waals surface area contributed by atoms with Crippen LogP contribution in [0.3, 0.4) is 0 Å². The molecule has 0 aromatic carbocycles. The molecule has 0 unspecified atom stereocenters. The number of carboxylic acid groups (broad SMARTS) is 1. The number of aliphatic hydroxyl groups is 1. The van der Waals surface area contributed by atoms with Gasteiger partial charge in [-0.15, -0.1) is 0 Å². The minimum absolute atomic E-state index is 0.0217. The molecule has 0 bridgehead atoms. The quantitative estimate of drug-likeness (QED) is 0.415. The second-order valence-corrected chi connectivity index (χ2v) is 4.37. The van der Waals surface area contributed by atoms with Crippen LogP contribution >= 0.6 is 0 Å². The number of carbonyl (C=O) groups is 2. The summed E-state index contributed by atoms with van der Waals surface area (Å²) in [5.74, 6) is -1.83. The summed E-state index contributed by atoms with van der Waals surface area (Å²) < 4.78 is 0.998. The molecule has 21 heavy (non-hydrogen) atoms. The first kappa shape index (κ1) is 16.6. The number of anilines is 1. The van der Waals surface area contributed by atoms with Crippen molar-refractivity contribution in [2.24, 2.45) is 5.73 Å². The van der Waals surface area contributed by atoms with E-state index >= 15 is 0 Å². The van der Waals surface area contributed by atoms with Crippen molar-refractivity contribution in [3.63, 3.8) is 0 Å². The maximum atomic E-state index is 12.0. The van der Waals surface area contributed by atoms with Crippen LogP contribution in [0.25, 0.3) is 0 Å². The Balaban J connectivity index is 2.84. The Hall–Kier alpha value is -2.46. The normalized spacial score (nSPS) is 11.9. The third-order valence-electron chi connectivity index (χ3n) is 2.57. The molecule has 0 radical (unpaired) electrons. The van der Waals surface area contributed by atoms with Crippen LogP contribution in [-0.4, -0.2) is 62.3 Å². The van der Waals surface area contributed by atoms with Crippen molar-refractivity contribution in [1.82, 2.24) is 14.5 Å². The van der Waals surface area contributed by atoms with E-state index < -0.39 is 43.3 Å². The molecule has 1 amide bonds. The third kappa shape index (κ3) is 5.20. The zero-order valence-electron chi connectivity index (χ0n) is 11.2. The van der Waals surface area contributed by atoms with E-state index in [-0.39, 0.29) is 12.4 Å². The lowest BCUT2D eigenvalue weighted by molar-refractivity contribution is -0.145. The molecule has 0 spiro atoms. The van der Waals surface area contributed by atoms with Gasteiger partial charge in [-0.05, 0) is 6.07 Å². The predicted octanol–water partition coefficient (Wildman–Crippen LogP) is -2.94. The summed E-state index contributed by atoms with van der Waals surface area (Å²) >= 11 is 0. The smallest absolute Gasteiger partial charge is 0.349 e. The molecular weight excluding hydrogens is 282 g/mol. The molecule has 0 saturated carbocycles. The minimum Gasteiger partial charge on any atom is -0.480 e. The Morgan fingerprint density at radius 1 is 1.48 bits per heavy atom. The Kier molecular flexibility index (Phi) is 5.81. The fraction of sp³-hybridized carbons (Fsp3) is 0.455. The summed E-state index contributed by atoms with van der Waals surface area (Å²) in [5, 5.41) is 17.7. The van der Waals surface area contributed by atoms with Crippen LogP contribution in [0.1, 0.15) is 0 Å². The van der Waals surface area contributed by atoms with Gasteiger partial charge in [-0.25, -0.2) is 4.79 Å². The molecule has 0 fully saturated rings.